The summed E-state index contributed by atoms with van der Waals surface area (Å²) in [4.78, 5) is 0. The van der Waals surface area contributed by atoms with Crippen molar-refractivity contribution < 1.29 is 4.74 Å². The minimum Gasteiger partial charge on any atom is -0.346 e. The van der Waals surface area contributed by atoms with E-state index >= 15 is 0 Å². The summed E-state index contributed by atoms with van der Waals surface area (Å²) in [5.74, 6) is 0. The Morgan fingerprint density at radius 1 is 0.500 bits per heavy atom. The van der Waals surface area contributed by atoms with E-state index in [-0.39, 0.29) is 0 Å². The maximum absolute atomic E-state index is 6.17. The van der Waals surface area contributed by atoms with E-state index in [1.165, 1.54) is 102 Å². The van der Waals surface area contributed by atoms with Crippen LogP contribution in [0.15, 0.2) is 0 Å². The zero-order valence-corrected chi connectivity index (χ0v) is 18.5. The molecule has 0 saturated carbocycles. The van der Waals surface area contributed by atoms with Gasteiger partial charge in [0.05, 0.1) is 25.1 Å². The van der Waals surface area contributed by atoms with Gasteiger partial charge >= 0.3 is 0 Å². The molecule has 2 heteroatoms. The molecule has 0 aliphatic carbocycles. The second-order valence-electron chi connectivity index (χ2n) is 7.73. The molecular weight excluding hydrogens is 311 g/mol. The third-order valence-electron chi connectivity index (χ3n) is 5.17. The van der Waals surface area contributed by atoms with Gasteiger partial charge in [0.1, 0.15) is 0 Å². The third-order valence-corrected chi connectivity index (χ3v) is 9.70. The van der Waals surface area contributed by atoms with Gasteiger partial charge in [-0.25, -0.2) is 0 Å². The van der Waals surface area contributed by atoms with Gasteiger partial charge in [-0.1, -0.05) is 66.2 Å². The molecule has 0 aromatic rings. The van der Waals surface area contributed by atoms with E-state index in [2.05, 4.69) is 27.7 Å². The number of ether oxygens (including phenoxy) is 1. The molecule has 0 aromatic carbocycles. The molecule has 146 valence electrons. The molecule has 0 N–H and O–H groups in total. The minimum absolute atomic E-state index is 0.869. The van der Waals surface area contributed by atoms with Crippen LogP contribution in [-0.4, -0.2) is 31.4 Å². The molecule has 1 nitrogen and oxygen atoms in total. The van der Waals surface area contributed by atoms with Crippen LogP contribution in [0.2, 0.25) is 0 Å². The molecule has 0 aliphatic rings. The average Bonchev–Trinajstić information content (AvgIpc) is 2.60. The van der Waals surface area contributed by atoms with Gasteiger partial charge in [-0.05, 0) is 44.9 Å². The highest BCUT2D eigenvalue weighted by Crippen LogP contribution is 2.60. The van der Waals surface area contributed by atoms with Gasteiger partial charge < -0.3 is 4.74 Å². The Kier molecular flexibility index (Phi) is 18.5. The summed E-state index contributed by atoms with van der Waals surface area (Å²) < 4.78 is 6.17. The van der Waals surface area contributed by atoms with E-state index in [0.717, 1.165) is 13.0 Å². The highest BCUT2D eigenvalue weighted by atomic mass is 31.2. The highest BCUT2D eigenvalue weighted by molar-refractivity contribution is 7.75. The van der Waals surface area contributed by atoms with Crippen LogP contribution >= 0.6 is 7.26 Å². The standard InChI is InChI=1S/C22H48OP/c1-5-9-12-15-19-24(22-23-18-8-4,20-16-13-10-6-2)21-17-14-11-7-3/h5-22H2,1-4H3/q+1. The Hall–Kier alpha value is 0.390. The van der Waals surface area contributed by atoms with E-state index in [9.17, 15) is 0 Å². The number of rotatable bonds is 19. The molecule has 0 saturated heterocycles. The number of hydrogen-bond donors (Lipinski definition) is 0. The van der Waals surface area contributed by atoms with Crippen molar-refractivity contribution in [2.45, 2.75) is 111 Å². The first-order valence-corrected chi connectivity index (χ1v) is 13.7. The Bertz CT molecular complexity index is 211. The number of hydrogen-bond acceptors (Lipinski definition) is 1. The molecule has 0 spiro atoms. The van der Waals surface area contributed by atoms with Crippen LogP contribution in [-0.2, 0) is 4.74 Å². The fourth-order valence-corrected chi connectivity index (χ4v) is 7.81. The van der Waals surface area contributed by atoms with Gasteiger partial charge in [0.2, 0.25) is 0 Å². The lowest BCUT2D eigenvalue weighted by atomic mass is 10.2. The normalized spacial score (nSPS) is 12.0. The Labute approximate surface area is 155 Å². The van der Waals surface area contributed by atoms with Crippen LogP contribution in [0.1, 0.15) is 111 Å². The summed E-state index contributed by atoms with van der Waals surface area (Å²) in [7, 11) is -0.869. The van der Waals surface area contributed by atoms with E-state index < -0.39 is 7.26 Å². The number of unbranched alkanes of at least 4 members (excludes halogenated alkanes) is 9. The lowest BCUT2D eigenvalue weighted by molar-refractivity contribution is 0.178. The molecule has 0 rings (SSSR count). The summed E-state index contributed by atoms with van der Waals surface area (Å²) in [5, 5.41) is 0. The Balaban J connectivity index is 4.58. The second kappa shape index (κ2) is 18.2. The molecule has 0 atom stereocenters. The molecule has 0 radical (unpaired) electrons. The van der Waals surface area contributed by atoms with E-state index in [1.807, 2.05) is 0 Å². The zero-order valence-electron chi connectivity index (χ0n) is 17.6. The lowest BCUT2D eigenvalue weighted by Gasteiger charge is -2.28. The van der Waals surface area contributed by atoms with Crippen LogP contribution in [0, 0.1) is 0 Å². The van der Waals surface area contributed by atoms with Crippen molar-refractivity contribution in [3.63, 3.8) is 0 Å². The monoisotopic (exact) mass is 359 g/mol. The van der Waals surface area contributed by atoms with Crippen LogP contribution < -0.4 is 0 Å². The van der Waals surface area contributed by atoms with Crippen molar-refractivity contribution in [1.29, 1.82) is 0 Å². The Morgan fingerprint density at radius 2 is 0.917 bits per heavy atom. The van der Waals surface area contributed by atoms with Gasteiger partial charge in [0, 0.05) is 7.26 Å². The fraction of sp³-hybridized carbons (Fsp3) is 1.00. The summed E-state index contributed by atoms with van der Waals surface area (Å²) in [5.41, 5.74) is 0. The minimum atomic E-state index is -0.869. The van der Waals surface area contributed by atoms with E-state index in [1.54, 1.807) is 0 Å². The fourth-order valence-electron chi connectivity index (χ4n) is 3.55. The van der Waals surface area contributed by atoms with Crippen molar-refractivity contribution in [3.05, 3.63) is 0 Å². The maximum Gasteiger partial charge on any atom is 0.157 e. The predicted octanol–water partition coefficient (Wildman–Crippen LogP) is 8.13. The topological polar surface area (TPSA) is 9.23 Å². The van der Waals surface area contributed by atoms with Gasteiger partial charge in [-0.2, -0.15) is 0 Å². The SMILES string of the molecule is CCCCCC[P+](CCCCCC)(CCCCCC)COCCC. The molecule has 0 aromatic heterocycles. The lowest BCUT2D eigenvalue weighted by Crippen LogP contribution is -2.15. The van der Waals surface area contributed by atoms with Crippen LogP contribution in [0.4, 0.5) is 0 Å². The second-order valence-corrected chi connectivity index (χ2v) is 12.0. The van der Waals surface area contributed by atoms with Crippen molar-refractivity contribution >= 4 is 7.26 Å². The molecule has 0 aliphatic heterocycles. The summed E-state index contributed by atoms with van der Waals surface area (Å²) in [6.45, 7) is 10.2. The molecular formula is C22H48OP+. The first-order valence-electron chi connectivity index (χ1n) is 11.2. The smallest absolute Gasteiger partial charge is 0.157 e. The van der Waals surface area contributed by atoms with Crippen LogP contribution in [0.5, 0.6) is 0 Å². The molecule has 24 heavy (non-hydrogen) atoms. The first-order chi connectivity index (χ1) is 11.7. The van der Waals surface area contributed by atoms with Gasteiger partial charge in [0.15, 0.2) is 6.35 Å². The molecule has 0 heterocycles. The highest BCUT2D eigenvalue weighted by Gasteiger charge is 2.36. The van der Waals surface area contributed by atoms with Gasteiger partial charge in [0.25, 0.3) is 0 Å². The van der Waals surface area contributed by atoms with Gasteiger partial charge in [-0.15, -0.1) is 0 Å². The Morgan fingerprint density at radius 3 is 1.25 bits per heavy atom. The van der Waals surface area contributed by atoms with Crippen molar-refractivity contribution in [1.82, 2.24) is 0 Å². The van der Waals surface area contributed by atoms with Crippen molar-refractivity contribution in [2.75, 3.05) is 31.4 Å². The van der Waals surface area contributed by atoms with Crippen LogP contribution in [0.3, 0.4) is 0 Å². The average molecular weight is 360 g/mol. The molecule has 0 fully saturated rings. The molecule has 0 bridgehead atoms. The maximum atomic E-state index is 6.17. The zero-order chi connectivity index (χ0) is 17.9. The first kappa shape index (κ1) is 24.4. The van der Waals surface area contributed by atoms with Crippen molar-refractivity contribution in [3.8, 4) is 0 Å². The molecule has 0 unspecified atom stereocenters. The third kappa shape index (κ3) is 13.7. The largest absolute Gasteiger partial charge is 0.346 e. The van der Waals surface area contributed by atoms with E-state index in [4.69, 9.17) is 4.74 Å². The molecule has 0 amide bonds. The summed E-state index contributed by atoms with van der Waals surface area (Å²) in [6, 6.07) is 0. The van der Waals surface area contributed by atoms with E-state index in [0.29, 0.717) is 0 Å². The van der Waals surface area contributed by atoms with Crippen molar-refractivity contribution in [2.24, 2.45) is 0 Å². The quantitative estimate of drug-likeness (QED) is 0.167. The van der Waals surface area contributed by atoms with Gasteiger partial charge in [-0.3, -0.25) is 0 Å². The predicted molar refractivity (Wildman–Crippen MR) is 115 cm³/mol. The summed E-state index contributed by atoms with van der Waals surface area (Å²) >= 11 is 0. The summed E-state index contributed by atoms with van der Waals surface area (Å²) in [6.07, 6.45) is 23.8. The van der Waals surface area contributed by atoms with Crippen LogP contribution in [0.25, 0.3) is 0 Å².